The summed E-state index contributed by atoms with van der Waals surface area (Å²) in [4.78, 5) is 31.8. The molecule has 0 radical (unpaired) electrons. The summed E-state index contributed by atoms with van der Waals surface area (Å²) in [6.45, 7) is 8.62. The average Bonchev–Trinajstić information content (AvgIpc) is 3.42. The van der Waals surface area contributed by atoms with Crippen molar-refractivity contribution in [3.8, 4) is 0 Å². The Labute approximate surface area is 254 Å². The largest absolute Gasteiger partial charge is 0.444 e. The summed E-state index contributed by atoms with van der Waals surface area (Å²) in [7, 11) is 0. The number of fused-ring (bicyclic) bond motifs is 1. The van der Waals surface area contributed by atoms with Crippen LogP contribution in [0.2, 0.25) is 5.15 Å². The van der Waals surface area contributed by atoms with Gasteiger partial charge in [-0.3, -0.25) is 4.79 Å². The molecule has 1 fully saturated rings. The third kappa shape index (κ3) is 6.82. The van der Waals surface area contributed by atoms with Crippen LogP contribution in [-0.2, 0) is 4.74 Å². The molecule has 9 heteroatoms. The van der Waals surface area contributed by atoms with E-state index in [1.54, 1.807) is 23.1 Å². The SMILES string of the molecule is C[C@@H](NC(=O)c1cc(Cl)nc2ccsc12)c1ccc(C(=C2CCN(C(=O)OC(C)(C)C)CC2)c2ccc(F)cc2)cc1. The molecule has 0 spiro atoms. The lowest BCUT2D eigenvalue weighted by Gasteiger charge is -2.32. The molecule has 2 amide bonds. The molecular formula is C33H33ClFN3O3S. The normalized spacial score (nSPS) is 14.5. The fourth-order valence-electron chi connectivity index (χ4n) is 5.12. The van der Waals surface area contributed by atoms with Crippen molar-refractivity contribution in [2.24, 2.45) is 0 Å². The van der Waals surface area contributed by atoms with Gasteiger partial charge in [-0.2, -0.15) is 0 Å². The number of amides is 2. The van der Waals surface area contributed by atoms with E-state index in [9.17, 15) is 14.0 Å². The van der Waals surface area contributed by atoms with Crippen molar-refractivity contribution in [2.75, 3.05) is 13.1 Å². The maximum Gasteiger partial charge on any atom is 0.410 e. The first-order valence-corrected chi connectivity index (χ1v) is 15.1. The summed E-state index contributed by atoms with van der Waals surface area (Å²) in [6, 6.07) is 17.8. The number of carbonyl (C=O) groups is 2. The summed E-state index contributed by atoms with van der Waals surface area (Å²) in [5, 5.41) is 5.25. The Morgan fingerprint density at radius 3 is 2.26 bits per heavy atom. The van der Waals surface area contributed by atoms with Crippen LogP contribution < -0.4 is 5.32 Å². The Morgan fingerprint density at radius 2 is 1.64 bits per heavy atom. The molecule has 4 aromatic rings. The minimum atomic E-state index is -0.549. The summed E-state index contributed by atoms with van der Waals surface area (Å²) >= 11 is 7.62. The predicted octanol–water partition coefficient (Wildman–Crippen LogP) is 8.41. The Morgan fingerprint density at radius 1 is 1.02 bits per heavy atom. The number of benzene rings is 2. The number of piperidine rings is 1. The number of hydrogen-bond donors (Lipinski definition) is 1. The maximum absolute atomic E-state index is 13.8. The van der Waals surface area contributed by atoms with E-state index in [0.29, 0.717) is 37.0 Å². The van der Waals surface area contributed by atoms with Gasteiger partial charge in [0, 0.05) is 13.1 Å². The number of rotatable bonds is 5. The van der Waals surface area contributed by atoms with E-state index in [2.05, 4.69) is 10.3 Å². The first-order chi connectivity index (χ1) is 20.0. The molecule has 1 saturated heterocycles. The number of ether oxygens (including phenoxy) is 1. The zero-order valence-electron chi connectivity index (χ0n) is 24.0. The molecule has 0 bridgehead atoms. The van der Waals surface area contributed by atoms with Gasteiger partial charge in [-0.25, -0.2) is 14.2 Å². The van der Waals surface area contributed by atoms with Crippen molar-refractivity contribution in [3.63, 3.8) is 0 Å². The van der Waals surface area contributed by atoms with Gasteiger partial charge in [0.25, 0.3) is 5.91 Å². The average molecular weight is 606 g/mol. The third-order valence-corrected chi connectivity index (χ3v) is 8.31. The monoisotopic (exact) mass is 605 g/mol. The maximum atomic E-state index is 13.8. The van der Waals surface area contributed by atoms with Crippen LogP contribution in [0.1, 0.15) is 73.6 Å². The first kappa shape index (κ1) is 29.7. The van der Waals surface area contributed by atoms with Crippen molar-refractivity contribution >= 4 is 50.7 Å². The number of aromatic nitrogens is 1. The summed E-state index contributed by atoms with van der Waals surface area (Å²) in [5.41, 5.74) is 5.74. The standard InChI is InChI=1S/C33H33ClFN3O3S/c1-20(36-31(39)26-19-28(34)37-27-15-18-42-30(26)27)21-5-7-22(8-6-21)29(23-9-11-25(35)12-10-23)24-13-16-38(17-14-24)32(40)41-33(2,3)4/h5-12,15,18-20H,13-14,16-17H2,1-4H3,(H,36,39)/t20-/m1/s1. The van der Waals surface area contributed by atoms with Crippen molar-refractivity contribution in [3.05, 3.63) is 105 Å². The lowest BCUT2D eigenvalue weighted by Crippen LogP contribution is -2.40. The predicted molar refractivity (Wildman–Crippen MR) is 166 cm³/mol. The second-order valence-electron chi connectivity index (χ2n) is 11.4. The lowest BCUT2D eigenvalue weighted by molar-refractivity contribution is 0.0236. The van der Waals surface area contributed by atoms with Crippen LogP contribution in [0.25, 0.3) is 15.8 Å². The van der Waals surface area contributed by atoms with Crippen molar-refractivity contribution < 1.29 is 18.7 Å². The molecule has 0 unspecified atom stereocenters. The number of pyridine rings is 1. The van der Waals surface area contributed by atoms with Crippen molar-refractivity contribution in [1.29, 1.82) is 0 Å². The molecule has 0 saturated carbocycles. The minimum Gasteiger partial charge on any atom is -0.444 e. The van der Waals surface area contributed by atoms with Gasteiger partial charge in [-0.1, -0.05) is 53.6 Å². The number of carbonyl (C=O) groups excluding carboxylic acids is 2. The highest BCUT2D eigenvalue weighted by atomic mass is 35.5. The van der Waals surface area contributed by atoms with Crippen LogP contribution in [0.15, 0.2) is 71.6 Å². The fraction of sp³-hybridized carbons (Fsp3) is 0.303. The zero-order valence-corrected chi connectivity index (χ0v) is 25.6. The number of nitrogens with zero attached hydrogens (tertiary/aromatic N) is 2. The highest BCUT2D eigenvalue weighted by molar-refractivity contribution is 7.17. The van der Waals surface area contributed by atoms with E-state index < -0.39 is 5.60 Å². The number of nitrogens with one attached hydrogen (secondary N) is 1. The number of halogens is 2. The van der Waals surface area contributed by atoms with Crippen LogP contribution in [0.4, 0.5) is 9.18 Å². The Balaban J connectivity index is 1.37. The summed E-state index contributed by atoms with van der Waals surface area (Å²) < 4.78 is 20.2. The molecule has 6 nitrogen and oxygen atoms in total. The molecule has 1 atom stereocenters. The first-order valence-electron chi connectivity index (χ1n) is 13.9. The molecule has 1 aliphatic rings. The number of likely N-dealkylation sites (tertiary alicyclic amines) is 1. The van der Waals surface area contributed by atoms with Gasteiger partial charge < -0.3 is 15.0 Å². The lowest BCUT2D eigenvalue weighted by atomic mass is 9.88. The fourth-order valence-corrected chi connectivity index (χ4v) is 6.16. The minimum absolute atomic E-state index is 0.214. The molecule has 2 aromatic heterocycles. The number of thiophene rings is 1. The molecular weight excluding hydrogens is 573 g/mol. The van der Waals surface area contributed by atoms with Gasteiger partial charge in [-0.05, 0) is 92.4 Å². The van der Waals surface area contributed by atoms with Crippen LogP contribution >= 0.6 is 22.9 Å². The third-order valence-electron chi connectivity index (χ3n) is 7.18. The zero-order chi connectivity index (χ0) is 30.0. The Bertz CT molecular complexity index is 1630. The van der Waals surface area contributed by atoms with Crippen LogP contribution in [0.5, 0.6) is 0 Å². The highest BCUT2D eigenvalue weighted by Gasteiger charge is 2.26. The second kappa shape index (κ2) is 12.2. The molecule has 2 aromatic carbocycles. The summed E-state index contributed by atoms with van der Waals surface area (Å²) in [5.74, 6) is -0.507. The van der Waals surface area contributed by atoms with E-state index in [4.69, 9.17) is 16.3 Å². The van der Waals surface area contributed by atoms with E-state index in [-0.39, 0.29) is 29.0 Å². The smallest absolute Gasteiger partial charge is 0.410 e. The number of hydrogen-bond acceptors (Lipinski definition) is 5. The van der Waals surface area contributed by atoms with Crippen LogP contribution in [0, 0.1) is 5.82 Å². The quantitative estimate of drug-likeness (QED) is 0.232. The highest BCUT2D eigenvalue weighted by Crippen LogP contribution is 2.34. The Hall–Kier alpha value is -3.75. The molecule has 1 aliphatic heterocycles. The molecule has 218 valence electrons. The molecule has 3 heterocycles. The summed E-state index contributed by atoms with van der Waals surface area (Å²) in [6.07, 6.45) is 1.07. The van der Waals surface area contributed by atoms with Gasteiger partial charge in [0.15, 0.2) is 0 Å². The van der Waals surface area contributed by atoms with Crippen LogP contribution in [0.3, 0.4) is 0 Å². The topological polar surface area (TPSA) is 71.5 Å². The molecule has 1 N–H and O–H groups in total. The van der Waals surface area contributed by atoms with E-state index in [1.807, 2.05) is 63.4 Å². The van der Waals surface area contributed by atoms with Crippen molar-refractivity contribution in [1.82, 2.24) is 15.2 Å². The molecule has 5 rings (SSSR count). The Kier molecular flexibility index (Phi) is 8.66. The van der Waals surface area contributed by atoms with Gasteiger partial charge in [-0.15, -0.1) is 11.3 Å². The van der Waals surface area contributed by atoms with Gasteiger partial charge in [0.2, 0.25) is 0 Å². The van der Waals surface area contributed by atoms with Crippen LogP contribution in [-0.4, -0.2) is 40.6 Å². The van der Waals surface area contributed by atoms with Gasteiger partial charge in [0.05, 0.1) is 21.8 Å². The molecule has 42 heavy (non-hydrogen) atoms. The second-order valence-corrected chi connectivity index (χ2v) is 12.7. The van der Waals surface area contributed by atoms with E-state index in [0.717, 1.165) is 27.0 Å². The molecule has 0 aliphatic carbocycles. The van der Waals surface area contributed by atoms with E-state index >= 15 is 0 Å². The van der Waals surface area contributed by atoms with Crippen molar-refractivity contribution in [2.45, 2.75) is 52.2 Å². The van der Waals surface area contributed by atoms with E-state index in [1.165, 1.54) is 29.0 Å². The van der Waals surface area contributed by atoms with Gasteiger partial charge >= 0.3 is 6.09 Å². The van der Waals surface area contributed by atoms with Gasteiger partial charge in [0.1, 0.15) is 16.6 Å².